The number of hydrogen-bond donors (Lipinski definition) is 1. The van der Waals surface area contributed by atoms with E-state index in [0.717, 1.165) is 4.47 Å². The van der Waals surface area contributed by atoms with E-state index in [0.29, 0.717) is 16.1 Å². The Morgan fingerprint density at radius 3 is 2.80 bits per heavy atom. The fourth-order valence-electron chi connectivity index (χ4n) is 1.14. The molecule has 1 aromatic carbocycles. The molecule has 0 spiro atoms. The summed E-state index contributed by atoms with van der Waals surface area (Å²) in [6, 6.07) is 6.84. The zero-order valence-electron chi connectivity index (χ0n) is 7.61. The van der Waals surface area contributed by atoms with Gasteiger partial charge in [0.15, 0.2) is 0 Å². The molecule has 0 saturated carbocycles. The molecule has 0 fully saturated rings. The van der Waals surface area contributed by atoms with Gasteiger partial charge in [-0.1, -0.05) is 0 Å². The number of nitrogens with zero attached hydrogens (tertiary/aromatic N) is 1. The number of hydrogen-bond acceptors (Lipinski definition) is 4. The average molecular weight is 283 g/mol. The summed E-state index contributed by atoms with van der Waals surface area (Å²) >= 11 is 4.48. The summed E-state index contributed by atoms with van der Waals surface area (Å²) in [6.45, 7) is 0. The smallest absolute Gasteiger partial charge is 0.204 e. The van der Waals surface area contributed by atoms with E-state index in [1.54, 1.807) is 30.5 Å². The van der Waals surface area contributed by atoms with E-state index in [1.807, 2.05) is 0 Å². The number of anilines is 1. The minimum Gasteiger partial charge on any atom is -0.398 e. The summed E-state index contributed by atoms with van der Waals surface area (Å²) in [6.07, 6.45) is 1.62. The van der Waals surface area contributed by atoms with Crippen molar-refractivity contribution in [3.8, 4) is 0 Å². The van der Waals surface area contributed by atoms with Gasteiger partial charge in [-0.15, -0.1) is 0 Å². The summed E-state index contributed by atoms with van der Waals surface area (Å²) < 4.78 is 4.63. The highest BCUT2D eigenvalue weighted by molar-refractivity contribution is 9.10. The predicted octanol–water partition coefficient (Wildman–Crippen LogP) is 2.72. The van der Waals surface area contributed by atoms with E-state index in [-0.39, 0.29) is 5.78 Å². The van der Waals surface area contributed by atoms with Gasteiger partial charge in [-0.05, 0) is 51.7 Å². The van der Waals surface area contributed by atoms with Crippen molar-refractivity contribution in [1.29, 1.82) is 0 Å². The second kappa shape index (κ2) is 4.12. The summed E-state index contributed by atoms with van der Waals surface area (Å²) in [5, 5.41) is 0. The van der Waals surface area contributed by atoms with Crippen LogP contribution < -0.4 is 5.73 Å². The van der Waals surface area contributed by atoms with E-state index in [2.05, 4.69) is 20.3 Å². The Morgan fingerprint density at radius 1 is 1.40 bits per heavy atom. The maximum atomic E-state index is 11.9. The molecule has 0 aliphatic heterocycles. The van der Waals surface area contributed by atoms with Crippen LogP contribution in [0.25, 0.3) is 0 Å². The number of nitrogens with two attached hydrogens (primary N) is 1. The van der Waals surface area contributed by atoms with Crippen molar-refractivity contribution in [3.05, 3.63) is 45.4 Å². The van der Waals surface area contributed by atoms with Gasteiger partial charge in [-0.3, -0.25) is 4.79 Å². The molecule has 0 radical (unpaired) electrons. The number of aromatic nitrogens is 1. The molecule has 0 aliphatic rings. The molecule has 2 aromatic rings. The van der Waals surface area contributed by atoms with Gasteiger partial charge in [0, 0.05) is 21.9 Å². The highest BCUT2D eigenvalue weighted by atomic mass is 79.9. The van der Waals surface area contributed by atoms with Crippen LogP contribution in [0.15, 0.2) is 34.9 Å². The molecular formula is C10H7BrN2OS. The number of ketones is 1. The Bertz CT molecular complexity index is 496. The zero-order valence-corrected chi connectivity index (χ0v) is 10.0. The van der Waals surface area contributed by atoms with Crippen LogP contribution in [0.4, 0.5) is 5.69 Å². The van der Waals surface area contributed by atoms with E-state index in [4.69, 9.17) is 5.73 Å². The lowest BCUT2D eigenvalue weighted by molar-refractivity contribution is 0.104. The van der Waals surface area contributed by atoms with E-state index in [9.17, 15) is 4.79 Å². The third-order valence-corrected chi connectivity index (χ3v) is 3.36. The Hall–Kier alpha value is -1.20. The monoisotopic (exact) mass is 282 g/mol. The van der Waals surface area contributed by atoms with Crippen LogP contribution >= 0.6 is 27.5 Å². The predicted molar refractivity (Wildman–Crippen MR) is 64.1 cm³/mol. The molecule has 15 heavy (non-hydrogen) atoms. The van der Waals surface area contributed by atoms with Crippen molar-refractivity contribution < 1.29 is 4.79 Å². The van der Waals surface area contributed by atoms with Gasteiger partial charge < -0.3 is 5.73 Å². The minimum atomic E-state index is -0.0294. The van der Waals surface area contributed by atoms with Gasteiger partial charge in [0.05, 0.1) is 4.88 Å². The number of nitrogen functional groups attached to an aromatic ring is 1. The third kappa shape index (κ3) is 2.08. The first-order chi connectivity index (χ1) is 7.18. The summed E-state index contributed by atoms with van der Waals surface area (Å²) in [4.78, 5) is 12.5. The maximum Gasteiger partial charge on any atom is 0.204 e. The van der Waals surface area contributed by atoms with Gasteiger partial charge in [0.1, 0.15) is 0 Å². The van der Waals surface area contributed by atoms with E-state index >= 15 is 0 Å². The summed E-state index contributed by atoms with van der Waals surface area (Å²) in [5.74, 6) is -0.0294. The van der Waals surface area contributed by atoms with Gasteiger partial charge in [0.25, 0.3) is 0 Å². The van der Waals surface area contributed by atoms with Crippen LogP contribution in [-0.4, -0.2) is 10.2 Å². The Labute approximate surface area is 99.2 Å². The van der Waals surface area contributed by atoms with Crippen LogP contribution in [0.2, 0.25) is 0 Å². The fourth-order valence-corrected chi connectivity index (χ4v) is 2.08. The molecule has 0 bridgehead atoms. The molecule has 0 aliphatic carbocycles. The van der Waals surface area contributed by atoms with Crippen molar-refractivity contribution in [2.75, 3.05) is 5.73 Å². The molecule has 2 N–H and O–H groups in total. The SMILES string of the molecule is Nc1ccc(C(=O)c2ccns2)cc1Br. The number of benzene rings is 1. The summed E-state index contributed by atoms with van der Waals surface area (Å²) in [5.41, 5.74) is 6.87. The number of halogens is 1. The molecule has 76 valence electrons. The lowest BCUT2D eigenvalue weighted by atomic mass is 10.1. The number of carbonyl (C=O) groups excluding carboxylic acids is 1. The van der Waals surface area contributed by atoms with Crippen molar-refractivity contribution in [2.45, 2.75) is 0 Å². The number of rotatable bonds is 2. The lowest BCUT2D eigenvalue weighted by Gasteiger charge is -2.01. The molecule has 1 aromatic heterocycles. The highest BCUT2D eigenvalue weighted by Gasteiger charge is 2.11. The van der Waals surface area contributed by atoms with E-state index < -0.39 is 0 Å². The molecule has 2 rings (SSSR count). The lowest BCUT2D eigenvalue weighted by Crippen LogP contribution is -1.99. The first kappa shape index (κ1) is 10.3. The average Bonchev–Trinajstić information content (AvgIpc) is 2.74. The normalized spacial score (nSPS) is 10.2. The largest absolute Gasteiger partial charge is 0.398 e. The quantitative estimate of drug-likeness (QED) is 0.681. The molecule has 0 saturated heterocycles. The van der Waals surface area contributed by atoms with Gasteiger partial charge in [0.2, 0.25) is 5.78 Å². The fraction of sp³-hybridized carbons (Fsp3) is 0. The zero-order chi connectivity index (χ0) is 10.8. The molecule has 3 nitrogen and oxygen atoms in total. The van der Waals surface area contributed by atoms with Gasteiger partial charge in [-0.25, -0.2) is 4.37 Å². The second-order valence-corrected chi connectivity index (χ2v) is 4.63. The topological polar surface area (TPSA) is 56.0 Å². The summed E-state index contributed by atoms with van der Waals surface area (Å²) in [7, 11) is 0. The van der Waals surface area contributed by atoms with Crippen LogP contribution in [0.3, 0.4) is 0 Å². The van der Waals surface area contributed by atoms with Crippen LogP contribution in [0, 0.1) is 0 Å². The van der Waals surface area contributed by atoms with Crippen molar-refractivity contribution in [2.24, 2.45) is 0 Å². The maximum absolute atomic E-state index is 11.9. The van der Waals surface area contributed by atoms with E-state index in [1.165, 1.54) is 11.5 Å². The highest BCUT2D eigenvalue weighted by Crippen LogP contribution is 2.22. The van der Waals surface area contributed by atoms with Crippen LogP contribution in [0.1, 0.15) is 15.2 Å². The second-order valence-electron chi connectivity index (χ2n) is 2.94. The van der Waals surface area contributed by atoms with Gasteiger partial charge >= 0.3 is 0 Å². The minimum absolute atomic E-state index is 0.0294. The van der Waals surface area contributed by atoms with Gasteiger partial charge in [-0.2, -0.15) is 0 Å². The van der Waals surface area contributed by atoms with Crippen molar-refractivity contribution in [1.82, 2.24) is 4.37 Å². The Kier molecular flexibility index (Phi) is 2.83. The molecule has 0 amide bonds. The standard InChI is InChI=1S/C10H7BrN2OS/c11-7-5-6(1-2-8(7)12)10(14)9-3-4-13-15-9/h1-5H,12H2. The molecule has 0 unspecified atom stereocenters. The van der Waals surface area contributed by atoms with Crippen LogP contribution in [-0.2, 0) is 0 Å². The van der Waals surface area contributed by atoms with Crippen LogP contribution in [0.5, 0.6) is 0 Å². The Balaban J connectivity index is 2.39. The van der Waals surface area contributed by atoms with Crippen molar-refractivity contribution in [3.63, 3.8) is 0 Å². The van der Waals surface area contributed by atoms with Crippen molar-refractivity contribution >= 4 is 38.9 Å². The molecular weight excluding hydrogens is 276 g/mol. The first-order valence-electron chi connectivity index (χ1n) is 4.19. The Morgan fingerprint density at radius 2 is 2.20 bits per heavy atom. The molecule has 0 atom stereocenters. The molecule has 5 heteroatoms. The molecule has 1 heterocycles. The third-order valence-electron chi connectivity index (χ3n) is 1.92. The number of carbonyl (C=O) groups is 1. The first-order valence-corrected chi connectivity index (χ1v) is 5.75.